The molecule has 0 fully saturated rings. The highest BCUT2D eigenvalue weighted by Gasteiger charge is 2.39. The van der Waals surface area contributed by atoms with E-state index in [0.29, 0.717) is 0 Å². The van der Waals surface area contributed by atoms with Crippen molar-refractivity contribution in [1.29, 1.82) is 0 Å². The number of halogens is 10. The maximum Gasteiger partial charge on any atom is 0.445 e. The predicted molar refractivity (Wildman–Crippen MR) is 83.3 cm³/mol. The van der Waals surface area contributed by atoms with Crippen molar-refractivity contribution in [2.45, 2.75) is 12.4 Å². The van der Waals surface area contributed by atoms with Crippen molar-refractivity contribution in [3.8, 4) is 0 Å². The number of rotatable bonds is 2. The Balaban J connectivity index is 0.000000280. The van der Waals surface area contributed by atoms with E-state index < -0.39 is 46.8 Å². The van der Waals surface area contributed by atoms with Gasteiger partial charge in [-0.15, -0.1) is 0 Å². The molecule has 0 aromatic heterocycles. The second-order valence-electron chi connectivity index (χ2n) is 4.98. The lowest BCUT2D eigenvalue weighted by molar-refractivity contribution is -0.109. The van der Waals surface area contributed by atoms with E-state index in [1.54, 1.807) is 0 Å². The van der Waals surface area contributed by atoms with E-state index in [4.69, 9.17) is 0 Å². The third-order valence-electron chi connectivity index (χ3n) is 2.94. The first-order valence-corrected chi connectivity index (χ1v) is 7.21. The molecule has 28 heavy (non-hydrogen) atoms. The van der Waals surface area contributed by atoms with Crippen LogP contribution in [0.25, 0.3) is 11.7 Å². The molecule has 2 aromatic rings. The quantitative estimate of drug-likeness (QED) is 0.440. The first-order chi connectivity index (χ1) is 12.9. The monoisotopic (exact) mass is 416 g/mol. The number of benzene rings is 2. The minimum Gasteiger partial charge on any atom is -0.203 e. The molecule has 0 saturated carbocycles. The molecule has 0 nitrogen and oxygen atoms in total. The highest BCUT2D eigenvalue weighted by atomic mass is 19.4. The Hall–Kier alpha value is -2.78. The van der Waals surface area contributed by atoms with Gasteiger partial charge in [-0.25, -0.2) is 8.78 Å². The van der Waals surface area contributed by atoms with Crippen molar-refractivity contribution in [1.82, 2.24) is 0 Å². The van der Waals surface area contributed by atoms with Crippen molar-refractivity contribution in [2.24, 2.45) is 0 Å². The normalized spacial score (nSPS) is 13.8. The van der Waals surface area contributed by atoms with Crippen LogP contribution in [0, 0.1) is 0 Å². The molecule has 0 unspecified atom stereocenters. The van der Waals surface area contributed by atoms with Gasteiger partial charge in [-0.1, -0.05) is 60.7 Å². The Labute approximate surface area is 152 Å². The van der Waals surface area contributed by atoms with Gasteiger partial charge in [0, 0.05) is 11.1 Å². The lowest BCUT2D eigenvalue weighted by Gasteiger charge is -2.04. The Morgan fingerprint density at radius 3 is 0.929 bits per heavy atom. The highest BCUT2D eigenvalue weighted by Crippen LogP contribution is 2.34. The molecule has 0 spiro atoms. The van der Waals surface area contributed by atoms with Gasteiger partial charge in [0.1, 0.15) is 0 Å². The van der Waals surface area contributed by atoms with Gasteiger partial charge in [-0.2, -0.15) is 35.1 Å². The van der Waals surface area contributed by atoms with Crippen molar-refractivity contribution < 1.29 is 43.9 Å². The van der Waals surface area contributed by atoms with Gasteiger partial charge in [-0.3, -0.25) is 0 Å². The van der Waals surface area contributed by atoms with E-state index >= 15 is 0 Å². The summed E-state index contributed by atoms with van der Waals surface area (Å²) in [6.07, 6.45) is -10.6. The summed E-state index contributed by atoms with van der Waals surface area (Å²) in [5.41, 5.74) is -0.857. The van der Waals surface area contributed by atoms with Gasteiger partial charge in [-0.05, 0) is 0 Å². The number of allylic oxidation sites excluding steroid dienone is 2. The van der Waals surface area contributed by atoms with Crippen LogP contribution in [-0.2, 0) is 0 Å². The molecule has 0 bridgehead atoms. The van der Waals surface area contributed by atoms with Crippen molar-refractivity contribution in [3.63, 3.8) is 0 Å². The van der Waals surface area contributed by atoms with E-state index in [-0.39, 0.29) is 0 Å². The zero-order chi connectivity index (χ0) is 21.5. The zero-order valence-electron chi connectivity index (χ0n) is 13.6. The van der Waals surface area contributed by atoms with Crippen LogP contribution in [0.2, 0.25) is 0 Å². The second kappa shape index (κ2) is 9.43. The van der Waals surface area contributed by atoms with Gasteiger partial charge >= 0.3 is 12.4 Å². The van der Waals surface area contributed by atoms with Gasteiger partial charge in [0.2, 0.25) is 11.7 Å². The molecule has 2 rings (SSSR count). The summed E-state index contributed by atoms with van der Waals surface area (Å²) >= 11 is 0. The van der Waals surface area contributed by atoms with E-state index in [2.05, 4.69) is 0 Å². The van der Waals surface area contributed by atoms with Crippen molar-refractivity contribution in [3.05, 3.63) is 83.4 Å². The van der Waals surface area contributed by atoms with Crippen LogP contribution >= 0.6 is 0 Å². The Morgan fingerprint density at radius 1 is 0.464 bits per heavy atom. The van der Waals surface area contributed by atoms with Gasteiger partial charge < -0.3 is 0 Å². The number of hydrogen-bond donors (Lipinski definition) is 0. The summed E-state index contributed by atoms with van der Waals surface area (Å²) in [6.45, 7) is 0. The van der Waals surface area contributed by atoms with Crippen LogP contribution in [0.3, 0.4) is 0 Å². The average Bonchev–Trinajstić information content (AvgIpc) is 2.66. The standard InChI is InChI=1S/2C9H5F5/c2*10-7(8(11)9(12,13)14)6-4-2-1-3-5-6/h2*1-5H/b2*8-7+. The van der Waals surface area contributed by atoms with E-state index in [0.717, 1.165) is 24.3 Å². The zero-order valence-corrected chi connectivity index (χ0v) is 13.6. The molecular formula is C18H10F10. The fraction of sp³-hybridized carbons (Fsp3) is 0.111. The van der Waals surface area contributed by atoms with E-state index in [1.807, 2.05) is 0 Å². The lowest BCUT2D eigenvalue weighted by Crippen LogP contribution is -2.09. The van der Waals surface area contributed by atoms with Crippen molar-refractivity contribution in [2.75, 3.05) is 0 Å². The number of alkyl halides is 6. The third-order valence-corrected chi connectivity index (χ3v) is 2.94. The van der Waals surface area contributed by atoms with Crippen LogP contribution < -0.4 is 0 Å². The minimum absolute atomic E-state index is 0.428. The SMILES string of the molecule is F/C(=C(/F)C(F)(F)F)c1ccccc1.F/C(=C(/F)C(F)(F)F)c1ccccc1. The smallest absolute Gasteiger partial charge is 0.203 e. The first-order valence-electron chi connectivity index (χ1n) is 7.21. The maximum atomic E-state index is 12.8. The molecule has 0 aliphatic rings. The summed E-state index contributed by atoms with van der Waals surface area (Å²) in [5.74, 6) is -9.19. The van der Waals surface area contributed by atoms with Gasteiger partial charge in [0.25, 0.3) is 0 Å². The molecule has 0 aliphatic carbocycles. The average molecular weight is 416 g/mol. The van der Waals surface area contributed by atoms with Gasteiger partial charge in [0.15, 0.2) is 11.7 Å². The van der Waals surface area contributed by atoms with Gasteiger partial charge in [0.05, 0.1) is 0 Å². The topological polar surface area (TPSA) is 0 Å². The van der Waals surface area contributed by atoms with E-state index in [1.165, 1.54) is 36.4 Å². The van der Waals surface area contributed by atoms with Crippen molar-refractivity contribution >= 4 is 11.7 Å². The molecular weight excluding hydrogens is 406 g/mol. The second-order valence-corrected chi connectivity index (χ2v) is 4.98. The largest absolute Gasteiger partial charge is 0.445 e. The highest BCUT2D eigenvalue weighted by molar-refractivity contribution is 5.62. The molecule has 0 N–H and O–H groups in total. The predicted octanol–water partition coefficient (Wildman–Crippen LogP) is 7.71. The van der Waals surface area contributed by atoms with Crippen LogP contribution in [0.1, 0.15) is 11.1 Å². The lowest BCUT2D eigenvalue weighted by atomic mass is 10.2. The molecule has 0 aliphatic heterocycles. The Bertz CT molecular complexity index is 743. The molecule has 0 amide bonds. The molecule has 0 radical (unpaired) electrons. The maximum absolute atomic E-state index is 12.8. The third kappa shape index (κ3) is 6.75. The summed E-state index contributed by atoms with van der Waals surface area (Å²) in [6, 6.07) is 12.5. The minimum atomic E-state index is -5.28. The fourth-order valence-electron chi connectivity index (χ4n) is 1.67. The van der Waals surface area contributed by atoms with Crippen LogP contribution in [0.5, 0.6) is 0 Å². The molecule has 2 aromatic carbocycles. The number of hydrogen-bond acceptors (Lipinski definition) is 0. The molecule has 10 heteroatoms. The summed E-state index contributed by atoms with van der Waals surface area (Å²) in [7, 11) is 0. The van der Waals surface area contributed by atoms with Crippen LogP contribution in [0.15, 0.2) is 72.3 Å². The molecule has 152 valence electrons. The molecule has 0 saturated heterocycles. The Morgan fingerprint density at radius 2 is 0.714 bits per heavy atom. The molecule has 0 heterocycles. The summed E-state index contributed by atoms with van der Waals surface area (Å²) < 4.78 is 121. The summed E-state index contributed by atoms with van der Waals surface area (Å²) in [5, 5.41) is 0. The van der Waals surface area contributed by atoms with E-state index in [9.17, 15) is 43.9 Å². The van der Waals surface area contributed by atoms with Crippen LogP contribution in [-0.4, -0.2) is 12.4 Å². The molecule has 0 atom stereocenters. The fourth-order valence-corrected chi connectivity index (χ4v) is 1.67. The Kier molecular flexibility index (Phi) is 7.83. The first kappa shape index (κ1) is 23.3. The summed E-state index contributed by atoms with van der Waals surface area (Å²) in [4.78, 5) is 0. The van der Waals surface area contributed by atoms with Crippen LogP contribution in [0.4, 0.5) is 43.9 Å².